The molecule has 1 aromatic heterocycles. The first kappa shape index (κ1) is 18.7. The van der Waals surface area contributed by atoms with Gasteiger partial charge in [0.2, 0.25) is 0 Å². The van der Waals surface area contributed by atoms with Gasteiger partial charge in [-0.05, 0) is 42.3 Å². The molecule has 0 amide bonds. The van der Waals surface area contributed by atoms with Crippen molar-refractivity contribution in [1.29, 1.82) is 0 Å². The van der Waals surface area contributed by atoms with E-state index in [0.29, 0.717) is 17.1 Å². The number of nitrogens with zero attached hydrogens (tertiary/aromatic N) is 1. The number of nitrogens with one attached hydrogen (secondary N) is 1. The van der Waals surface area contributed by atoms with E-state index in [4.69, 9.17) is 4.74 Å². The third kappa shape index (κ3) is 4.77. The lowest BCUT2D eigenvalue weighted by molar-refractivity contribution is 0.414. The van der Waals surface area contributed by atoms with Crippen LogP contribution in [0.2, 0.25) is 0 Å². The normalized spacial score (nSPS) is 10.7. The number of halogens is 1. The first-order valence-electron chi connectivity index (χ1n) is 8.15. The van der Waals surface area contributed by atoms with Crippen molar-refractivity contribution in [3.05, 3.63) is 85.7 Å². The molecule has 134 valence electrons. The molecule has 3 aromatic rings. The summed E-state index contributed by atoms with van der Waals surface area (Å²) < 4.78 is 6.21. The molecule has 0 fully saturated rings. The van der Waals surface area contributed by atoms with Crippen LogP contribution in [0.15, 0.2) is 63.0 Å². The van der Waals surface area contributed by atoms with Crippen LogP contribution >= 0.6 is 27.7 Å². The molecular weight excluding hydrogens is 412 g/mol. The van der Waals surface area contributed by atoms with Crippen LogP contribution in [0.1, 0.15) is 22.4 Å². The zero-order valence-corrected chi connectivity index (χ0v) is 17.0. The highest BCUT2D eigenvalue weighted by Gasteiger charge is 2.09. The van der Waals surface area contributed by atoms with Crippen LogP contribution in [0.4, 0.5) is 0 Å². The van der Waals surface area contributed by atoms with E-state index < -0.39 is 0 Å². The fourth-order valence-electron chi connectivity index (χ4n) is 2.47. The van der Waals surface area contributed by atoms with Gasteiger partial charge in [-0.3, -0.25) is 4.79 Å². The second-order valence-corrected chi connectivity index (χ2v) is 7.76. The van der Waals surface area contributed by atoms with Crippen molar-refractivity contribution in [1.82, 2.24) is 9.97 Å². The molecule has 3 rings (SSSR count). The van der Waals surface area contributed by atoms with Crippen molar-refractivity contribution in [2.75, 3.05) is 7.11 Å². The number of ether oxygens (including phenoxy) is 1. The molecule has 6 heteroatoms. The second-order valence-electron chi connectivity index (χ2n) is 5.88. The molecule has 0 saturated carbocycles. The molecular formula is C20H19BrN2O2S. The van der Waals surface area contributed by atoms with E-state index >= 15 is 0 Å². The molecule has 0 aliphatic heterocycles. The van der Waals surface area contributed by atoms with Crippen molar-refractivity contribution in [2.45, 2.75) is 24.3 Å². The summed E-state index contributed by atoms with van der Waals surface area (Å²) in [7, 11) is 1.65. The van der Waals surface area contributed by atoms with E-state index in [0.717, 1.165) is 32.8 Å². The Kier molecular flexibility index (Phi) is 6.16. The van der Waals surface area contributed by atoms with Crippen LogP contribution in [-0.2, 0) is 12.2 Å². The standard InChI is InChI=1S/C20H19BrN2O2S/c1-13-18(11-14-3-7-16(21)8-4-14)22-20(23-19(13)24)26-12-15-5-9-17(25-2)10-6-15/h3-10H,11-12H2,1-2H3,(H,22,23,24). The maximum absolute atomic E-state index is 12.3. The molecule has 2 aromatic carbocycles. The van der Waals surface area contributed by atoms with E-state index in [2.05, 4.69) is 25.9 Å². The minimum atomic E-state index is -0.0793. The van der Waals surface area contributed by atoms with Gasteiger partial charge in [-0.1, -0.05) is 52.0 Å². The Balaban J connectivity index is 1.76. The highest BCUT2D eigenvalue weighted by atomic mass is 79.9. The average molecular weight is 431 g/mol. The summed E-state index contributed by atoms with van der Waals surface area (Å²) in [6.45, 7) is 1.82. The molecule has 1 N–H and O–H groups in total. The topological polar surface area (TPSA) is 55.0 Å². The number of hydrogen-bond acceptors (Lipinski definition) is 4. The summed E-state index contributed by atoms with van der Waals surface area (Å²) in [5, 5.41) is 0.642. The lowest BCUT2D eigenvalue weighted by Gasteiger charge is -2.08. The summed E-state index contributed by atoms with van der Waals surface area (Å²) >= 11 is 4.96. The highest BCUT2D eigenvalue weighted by Crippen LogP contribution is 2.22. The molecule has 1 heterocycles. The summed E-state index contributed by atoms with van der Waals surface area (Å²) in [5.74, 6) is 1.56. The van der Waals surface area contributed by atoms with Gasteiger partial charge >= 0.3 is 0 Å². The smallest absolute Gasteiger partial charge is 0.254 e. The van der Waals surface area contributed by atoms with Crippen LogP contribution in [0.5, 0.6) is 5.75 Å². The maximum atomic E-state index is 12.3. The summed E-state index contributed by atoms with van der Waals surface area (Å²) in [4.78, 5) is 19.8. The Morgan fingerprint density at radius 3 is 2.38 bits per heavy atom. The lowest BCUT2D eigenvalue weighted by Crippen LogP contribution is -2.16. The summed E-state index contributed by atoms with van der Waals surface area (Å²) in [6.07, 6.45) is 0.638. The number of methoxy groups -OCH3 is 1. The van der Waals surface area contributed by atoms with Crippen molar-refractivity contribution >= 4 is 27.7 Å². The molecule has 0 aliphatic carbocycles. The fourth-order valence-corrected chi connectivity index (χ4v) is 3.57. The molecule has 0 aliphatic rings. The minimum Gasteiger partial charge on any atom is -0.497 e. The van der Waals surface area contributed by atoms with Gasteiger partial charge in [0.25, 0.3) is 5.56 Å². The third-order valence-electron chi connectivity index (χ3n) is 4.05. The largest absolute Gasteiger partial charge is 0.497 e. The first-order valence-corrected chi connectivity index (χ1v) is 9.93. The van der Waals surface area contributed by atoms with E-state index in [1.54, 1.807) is 7.11 Å². The molecule has 0 bridgehead atoms. The van der Waals surface area contributed by atoms with Crippen molar-refractivity contribution in [3.63, 3.8) is 0 Å². The van der Waals surface area contributed by atoms with Crippen LogP contribution in [0.3, 0.4) is 0 Å². The van der Waals surface area contributed by atoms with E-state index in [9.17, 15) is 4.79 Å². The van der Waals surface area contributed by atoms with Crippen molar-refractivity contribution < 1.29 is 4.74 Å². The highest BCUT2D eigenvalue weighted by molar-refractivity contribution is 9.10. The Labute approximate surface area is 165 Å². The molecule has 26 heavy (non-hydrogen) atoms. The molecule has 4 nitrogen and oxygen atoms in total. The predicted molar refractivity (Wildman–Crippen MR) is 109 cm³/mol. The van der Waals surface area contributed by atoms with Gasteiger partial charge < -0.3 is 9.72 Å². The SMILES string of the molecule is COc1ccc(CSc2nc(Cc3ccc(Br)cc3)c(C)c(=O)[nH]2)cc1. The van der Waals surface area contributed by atoms with Crippen molar-refractivity contribution in [2.24, 2.45) is 0 Å². The Bertz CT molecular complexity index is 938. The lowest BCUT2D eigenvalue weighted by atomic mass is 10.1. The van der Waals surface area contributed by atoms with Gasteiger partial charge in [0.05, 0.1) is 12.8 Å². The third-order valence-corrected chi connectivity index (χ3v) is 5.52. The van der Waals surface area contributed by atoms with Crippen molar-refractivity contribution in [3.8, 4) is 5.75 Å². The first-order chi connectivity index (χ1) is 12.5. The fraction of sp³-hybridized carbons (Fsp3) is 0.200. The molecule has 0 atom stereocenters. The predicted octanol–water partition coefficient (Wildman–Crippen LogP) is 4.73. The number of thioether (sulfide) groups is 1. The van der Waals surface area contributed by atoms with Crippen LogP contribution < -0.4 is 10.3 Å². The van der Waals surface area contributed by atoms with Gasteiger partial charge in [-0.15, -0.1) is 0 Å². The number of benzene rings is 2. The number of aromatic amines is 1. The Morgan fingerprint density at radius 2 is 1.73 bits per heavy atom. The summed E-state index contributed by atoms with van der Waals surface area (Å²) in [6, 6.07) is 16.0. The number of aromatic nitrogens is 2. The van der Waals surface area contributed by atoms with Gasteiger partial charge in [-0.25, -0.2) is 4.98 Å². The minimum absolute atomic E-state index is 0.0793. The molecule has 0 radical (unpaired) electrons. The monoisotopic (exact) mass is 430 g/mol. The molecule has 0 saturated heterocycles. The Hall–Kier alpha value is -2.05. The van der Waals surface area contributed by atoms with Crippen LogP contribution in [0.25, 0.3) is 0 Å². The maximum Gasteiger partial charge on any atom is 0.254 e. The van der Waals surface area contributed by atoms with Gasteiger partial charge in [0.15, 0.2) is 5.16 Å². The molecule has 0 unspecified atom stereocenters. The van der Waals surface area contributed by atoms with Gasteiger partial charge in [-0.2, -0.15) is 0 Å². The van der Waals surface area contributed by atoms with Gasteiger partial charge in [0, 0.05) is 22.2 Å². The summed E-state index contributed by atoms with van der Waals surface area (Å²) in [5.41, 5.74) is 3.67. The number of hydrogen-bond donors (Lipinski definition) is 1. The van der Waals surface area contributed by atoms with Crippen LogP contribution in [0, 0.1) is 6.92 Å². The van der Waals surface area contributed by atoms with Crippen LogP contribution in [-0.4, -0.2) is 17.1 Å². The second kappa shape index (κ2) is 8.56. The Morgan fingerprint density at radius 1 is 1.08 bits per heavy atom. The quantitative estimate of drug-likeness (QED) is 0.453. The van der Waals surface area contributed by atoms with Gasteiger partial charge in [0.1, 0.15) is 5.75 Å². The number of rotatable bonds is 6. The van der Waals surface area contributed by atoms with E-state index in [-0.39, 0.29) is 5.56 Å². The zero-order valence-electron chi connectivity index (χ0n) is 14.6. The zero-order chi connectivity index (χ0) is 18.5. The number of H-pyrrole nitrogens is 1. The van der Waals surface area contributed by atoms with E-state index in [1.807, 2.05) is 55.5 Å². The van der Waals surface area contributed by atoms with E-state index in [1.165, 1.54) is 11.8 Å². The average Bonchev–Trinajstić information content (AvgIpc) is 2.66. The molecule has 0 spiro atoms.